The van der Waals surface area contributed by atoms with Crippen LogP contribution in [-0.4, -0.2) is 9.97 Å². The fourth-order valence-electron chi connectivity index (χ4n) is 2.76. The van der Waals surface area contributed by atoms with E-state index in [1.807, 2.05) is 48.5 Å². The third kappa shape index (κ3) is 2.38. The first kappa shape index (κ1) is 14.0. The maximum absolute atomic E-state index is 12.2. The van der Waals surface area contributed by atoms with Gasteiger partial charge in [-0.1, -0.05) is 36.1 Å². The van der Waals surface area contributed by atoms with Crippen LogP contribution in [0, 0.1) is 11.8 Å². The first-order valence-electron chi connectivity index (χ1n) is 7.50. The molecule has 0 amide bonds. The minimum atomic E-state index is -0.147. The van der Waals surface area contributed by atoms with E-state index in [4.69, 9.17) is 5.73 Å². The number of H-pyrrole nitrogens is 1. The van der Waals surface area contributed by atoms with Crippen molar-refractivity contribution in [1.29, 1.82) is 0 Å². The third-order valence-electron chi connectivity index (χ3n) is 3.85. The quantitative estimate of drug-likeness (QED) is 0.298. The molecule has 2 aromatic heterocycles. The molecule has 3 N–H and O–H groups in total. The van der Waals surface area contributed by atoms with Crippen LogP contribution in [0.3, 0.4) is 0 Å². The molecule has 0 fully saturated rings. The van der Waals surface area contributed by atoms with Gasteiger partial charge in [0.2, 0.25) is 0 Å². The second-order valence-electron chi connectivity index (χ2n) is 5.46. The molecule has 0 aliphatic heterocycles. The van der Waals surface area contributed by atoms with E-state index >= 15 is 0 Å². The summed E-state index contributed by atoms with van der Waals surface area (Å²) in [5.41, 5.74) is 8.52. The van der Waals surface area contributed by atoms with Crippen molar-refractivity contribution in [2.75, 3.05) is 5.73 Å². The number of benzene rings is 2. The van der Waals surface area contributed by atoms with E-state index in [2.05, 4.69) is 21.8 Å². The monoisotopic (exact) mass is 311 g/mol. The summed E-state index contributed by atoms with van der Waals surface area (Å²) in [6.45, 7) is 0. The van der Waals surface area contributed by atoms with Crippen LogP contribution in [0.25, 0.3) is 21.8 Å². The highest BCUT2D eigenvalue weighted by molar-refractivity contribution is 6.06. The Hall–Kier alpha value is -3.58. The molecule has 0 radical (unpaired) electrons. The zero-order valence-electron chi connectivity index (χ0n) is 12.7. The minimum Gasteiger partial charge on any atom is -0.399 e. The number of hydrogen-bond acceptors (Lipinski definition) is 3. The number of nitrogens with zero attached hydrogens (tertiary/aromatic N) is 1. The summed E-state index contributed by atoms with van der Waals surface area (Å²) in [4.78, 5) is 19.3. The molecule has 0 bridgehead atoms. The predicted octanol–water partition coefficient (Wildman–Crippen LogP) is 3.06. The second-order valence-corrected chi connectivity index (χ2v) is 5.46. The zero-order valence-corrected chi connectivity index (χ0v) is 12.7. The first-order valence-corrected chi connectivity index (χ1v) is 7.50. The van der Waals surface area contributed by atoms with Gasteiger partial charge in [-0.25, -0.2) is 4.98 Å². The molecule has 2 heterocycles. The largest absolute Gasteiger partial charge is 0.399 e. The lowest BCUT2D eigenvalue weighted by Gasteiger charge is -2.04. The Morgan fingerprint density at radius 1 is 0.958 bits per heavy atom. The Labute approximate surface area is 138 Å². The average molecular weight is 311 g/mol. The fourth-order valence-corrected chi connectivity index (χ4v) is 2.76. The van der Waals surface area contributed by atoms with Crippen LogP contribution in [0.1, 0.15) is 11.1 Å². The summed E-state index contributed by atoms with van der Waals surface area (Å²) in [5.74, 6) is 6.30. The number of nitrogen functional groups attached to an aromatic ring is 1. The molecule has 0 aliphatic rings. The van der Waals surface area contributed by atoms with Crippen molar-refractivity contribution in [3.8, 4) is 11.8 Å². The lowest BCUT2D eigenvalue weighted by atomic mass is 10.0. The number of hydrogen-bond donors (Lipinski definition) is 2. The highest BCUT2D eigenvalue weighted by Crippen LogP contribution is 2.22. The molecule has 114 valence electrons. The highest BCUT2D eigenvalue weighted by atomic mass is 16.1. The summed E-state index contributed by atoms with van der Waals surface area (Å²) >= 11 is 0. The van der Waals surface area contributed by atoms with Crippen LogP contribution < -0.4 is 11.3 Å². The lowest BCUT2D eigenvalue weighted by Crippen LogP contribution is -2.07. The van der Waals surface area contributed by atoms with Gasteiger partial charge in [0, 0.05) is 33.8 Å². The number of nitrogens with one attached hydrogen (secondary N) is 1. The molecule has 4 rings (SSSR count). The number of anilines is 1. The molecule has 4 aromatic rings. The maximum atomic E-state index is 12.2. The van der Waals surface area contributed by atoms with Crippen LogP contribution in [0.5, 0.6) is 0 Å². The topological polar surface area (TPSA) is 71.8 Å². The summed E-state index contributed by atoms with van der Waals surface area (Å²) < 4.78 is 0. The van der Waals surface area contributed by atoms with E-state index in [9.17, 15) is 4.79 Å². The van der Waals surface area contributed by atoms with Gasteiger partial charge in [-0.3, -0.25) is 4.79 Å². The molecular weight excluding hydrogens is 298 g/mol. The van der Waals surface area contributed by atoms with Crippen molar-refractivity contribution < 1.29 is 0 Å². The molecule has 0 spiro atoms. The molecule has 4 nitrogen and oxygen atoms in total. The maximum Gasteiger partial charge on any atom is 0.257 e. The van der Waals surface area contributed by atoms with Gasteiger partial charge < -0.3 is 10.7 Å². The van der Waals surface area contributed by atoms with E-state index in [0.717, 1.165) is 21.9 Å². The number of fused-ring (bicyclic) bond motifs is 3. The van der Waals surface area contributed by atoms with Crippen LogP contribution in [0.4, 0.5) is 5.69 Å². The van der Waals surface area contributed by atoms with Gasteiger partial charge in [0.1, 0.15) is 5.65 Å². The Balaban J connectivity index is 2.00. The minimum absolute atomic E-state index is 0.147. The van der Waals surface area contributed by atoms with Gasteiger partial charge in [0.15, 0.2) is 0 Å². The van der Waals surface area contributed by atoms with Gasteiger partial charge in [0.25, 0.3) is 5.56 Å². The molecule has 4 heteroatoms. The molecule has 0 unspecified atom stereocenters. The number of aromatic amines is 1. The number of pyridine rings is 2. The Bertz CT molecular complexity index is 1200. The highest BCUT2D eigenvalue weighted by Gasteiger charge is 2.08. The number of rotatable bonds is 0. The zero-order chi connectivity index (χ0) is 16.5. The lowest BCUT2D eigenvalue weighted by molar-refractivity contribution is 1.25. The van der Waals surface area contributed by atoms with Gasteiger partial charge in [-0.05, 0) is 35.7 Å². The van der Waals surface area contributed by atoms with E-state index in [1.54, 1.807) is 12.3 Å². The van der Waals surface area contributed by atoms with Crippen molar-refractivity contribution in [3.05, 3.63) is 82.3 Å². The summed E-state index contributed by atoms with van der Waals surface area (Å²) in [6.07, 6.45) is 1.65. The van der Waals surface area contributed by atoms with Crippen LogP contribution in [0.2, 0.25) is 0 Å². The van der Waals surface area contributed by atoms with Crippen molar-refractivity contribution in [2.45, 2.75) is 0 Å². The van der Waals surface area contributed by atoms with Gasteiger partial charge in [-0.15, -0.1) is 0 Å². The first-order chi connectivity index (χ1) is 11.7. The fraction of sp³-hybridized carbons (Fsp3) is 0. The Morgan fingerprint density at radius 2 is 1.79 bits per heavy atom. The van der Waals surface area contributed by atoms with E-state index < -0.39 is 0 Å². The molecule has 24 heavy (non-hydrogen) atoms. The van der Waals surface area contributed by atoms with Gasteiger partial charge in [-0.2, -0.15) is 0 Å². The summed E-state index contributed by atoms with van der Waals surface area (Å²) in [6, 6.07) is 16.8. The van der Waals surface area contributed by atoms with Crippen molar-refractivity contribution in [1.82, 2.24) is 9.97 Å². The van der Waals surface area contributed by atoms with Crippen LogP contribution in [0.15, 0.2) is 65.6 Å². The van der Waals surface area contributed by atoms with Crippen molar-refractivity contribution in [3.63, 3.8) is 0 Å². The Kier molecular flexibility index (Phi) is 3.25. The molecule has 0 saturated heterocycles. The predicted molar refractivity (Wildman–Crippen MR) is 96.7 cm³/mol. The number of nitrogens with two attached hydrogens (primary N) is 1. The average Bonchev–Trinajstić information content (AvgIpc) is 2.60. The van der Waals surface area contributed by atoms with Crippen molar-refractivity contribution in [2.24, 2.45) is 0 Å². The third-order valence-corrected chi connectivity index (χ3v) is 3.85. The molecular formula is C20H13N3O. The summed E-state index contributed by atoms with van der Waals surface area (Å²) in [7, 11) is 0. The van der Waals surface area contributed by atoms with E-state index in [1.165, 1.54) is 0 Å². The smallest absolute Gasteiger partial charge is 0.257 e. The van der Waals surface area contributed by atoms with E-state index in [-0.39, 0.29) is 5.56 Å². The Morgan fingerprint density at radius 3 is 2.62 bits per heavy atom. The number of aromatic nitrogens is 2. The van der Waals surface area contributed by atoms with Crippen LogP contribution in [-0.2, 0) is 0 Å². The summed E-state index contributed by atoms with van der Waals surface area (Å²) in [5, 5.41) is 2.33. The van der Waals surface area contributed by atoms with Crippen molar-refractivity contribution >= 4 is 27.5 Å². The second kappa shape index (κ2) is 5.56. The molecule has 0 aliphatic carbocycles. The molecule has 0 saturated carbocycles. The molecule has 2 aromatic carbocycles. The normalized spacial score (nSPS) is 10.5. The van der Waals surface area contributed by atoms with E-state index in [0.29, 0.717) is 16.7 Å². The van der Waals surface area contributed by atoms with Gasteiger partial charge >= 0.3 is 0 Å². The SMILES string of the molecule is Nc1cccc(C#Cc2ccnc3[nH]c(=O)c4ccccc4c23)c1. The van der Waals surface area contributed by atoms with Crippen LogP contribution >= 0.6 is 0 Å². The standard InChI is InChI=1S/C20H13N3O/c21-15-5-3-4-13(12-15)8-9-14-10-11-22-19-18(14)16-6-1-2-7-17(16)20(24)23-19/h1-7,10-12H,21H2,(H,22,23,24). The molecule has 0 atom stereocenters. The van der Waals surface area contributed by atoms with Gasteiger partial charge in [0.05, 0.1) is 0 Å².